The van der Waals surface area contributed by atoms with Gasteiger partial charge in [-0.2, -0.15) is 0 Å². The van der Waals surface area contributed by atoms with Crippen molar-refractivity contribution in [2.45, 2.75) is 18.7 Å². The zero-order valence-corrected chi connectivity index (χ0v) is 13.4. The Kier molecular flexibility index (Phi) is 4.06. The molecule has 0 aliphatic heterocycles. The molecule has 4 nitrogen and oxygen atoms in total. The SMILES string of the molecule is Cc1cc(Br)ccc1S(=O)(=O)Nc1c(C)cccc1O. The number of anilines is 1. The molecule has 0 aliphatic carbocycles. The molecule has 0 spiro atoms. The average Bonchev–Trinajstić information content (AvgIpc) is 2.33. The molecule has 2 aromatic rings. The van der Waals surface area contributed by atoms with Crippen LogP contribution in [0.3, 0.4) is 0 Å². The van der Waals surface area contributed by atoms with E-state index in [2.05, 4.69) is 20.7 Å². The third-order valence-electron chi connectivity index (χ3n) is 2.91. The lowest BCUT2D eigenvalue weighted by Crippen LogP contribution is -2.15. The lowest BCUT2D eigenvalue weighted by atomic mass is 10.2. The van der Waals surface area contributed by atoms with Crippen LogP contribution in [0.15, 0.2) is 45.8 Å². The molecule has 0 saturated heterocycles. The lowest BCUT2D eigenvalue weighted by Gasteiger charge is -2.13. The van der Waals surface area contributed by atoms with Crippen LogP contribution in [-0.4, -0.2) is 13.5 Å². The first kappa shape index (κ1) is 14.9. The Bertz CT molecular complexity index is 737. The van der Waals surface area contributed by atoms with E-state index in [0.29, 0.717) is 11.1 Å². The number of nitrogens with one attached hydrogen (secondary N) is 1. The zero-order valence-electron chi connectivity index (χ0n) is 11.0. The number of hydrogen-bond acceptors (Lipinski definition) is 3. The van der Waals surface area contributed by atoms with E-state index in [-0.39, 0.29) is 16.3 Å². The van der Waals surface area contributed by atoms with Crippen molar-refractivity contribution in [1.29, 1.82) is 0 Å². The van der Waals surface area contributed by atoms with Crippen molar-refractivity contribution in [2.75, 3.05) is 4.72 Å². The Labute approximate surface area is 126 Å². The monoisotopic (exact) mass is 355 g/mol. The number of para-hydroxylation sites is 1. The van der Waals surface area contributed by atoms with Gasteiger partial charge < -0.3 is 5.11 Å². The number of sulfonamides is 1. The summed E-state index contributed by atoms with van der Waals surface area (Å²) >= 11 is 3.30. The minimum atomic E-state index is -3.74. The molecule has 0 aromatic heterocycles. The summed E-state index contributed by atoms with van der Waals surface area (Å²) in [6.07, 6.45) is 0. The van der Waals surface area contributed by atoms with Crippen molar-refractivity contribution >= 4 is 31.6 Å². The first-order valence-electron chi connectivity index (χ1n) is 5.89. The van der Waals surface area contributed by atoms with Crippen molar-refractivity contribution in [1.82, 2.24) is 0 Å². The van der Waals surface area contributed by atoms with E-state index >= 15 is 0 Å². The van der Waals surface area contributed by atoms with Gasteiger partial charge in [-0.15, -0.1) is 0 Å². The fourth-order valence-corrected chi connectivity index (χ4v) is 3.74. The maximum absolute atomic E-state index is 12.4. The maximum Gasteiger partial charge on any atom is 0.262 e. The minimum absolute atomic E-state index is 0.0941. The molecule has 106 valence electrons. The van der Waals surface area contributed by atoms with Crippen LogP contribution in [0.2, 0.25) is 0 Å². The van der Waals surface area contributed by atoms with Gasteiger partial charge in [-0.05, 0) is 49.2 Å². The first-order valence-corrected chi connectivity index (χ1v) is 8.16. The van der Waals surface area contributed by atoms with Crippen LogP contribution in [-0.2, 0) is 10.0 Å². The second-order valence-electron chi connectivity index (χ2n) is 4.48. The minimum Gasteiger partial charge on any atom is -0.506 e. The van der Waals surface area contributed by atoms with Crippen LogP contribution < -0.4 is 4.72 Å². The van der Waals surface area contributed by atoms with Crippen molar-refractivity contribution in [3.63, 3.8) is 0 Å². The molecule has 2 aromatic carbocycles. The Balaban J connectivity index is 2.46. The first-order chi connectivity index (χ1) is 9.31. The zero-order chi connectivity index (χ0) is 14.9. The van der Waals surface area contributed by atoms with Gasteiger partial charge in [0.05, 0.1) is 10.6 Å². The summed E-state index contributed by atoms with van der Waals surface area (Å²) in [5, 5.41) is 9.78. The predicted molar refractivity (Wildman–Crippen MR) is 82.5 cm³/mol. The van der Waals surface area contributed by atoms with Gasteiger partial charge in [0.2, 0.25) is 0 Å². The van der Waals surface area contributed by atoms with Gasteiger partial charge in [0.1, 0.15) is 5.75 Å². The molecular formula is C14H14BrNO3S. The molecule has 0 heterocycles. The molecule has 0 atom stereocenters. The predicted octanol–water partition coefficient (Wildman–Crippen LogP) is 3.57. The molecule has 0 aliphatic rings. The number of benzene rings is 2. The Hall–Kier alpha value is -1.53. The van der Waals surface area contributed by atoms with E-state index in [1.165, 1.54) is 12.1 Å². The highest BCUT2D eigenvalue weighted by molar-refractivity contribution is 9.10. The topological polar surface area (TPSA) is 66.4 Å². The maximum atomic E-state index is 12.4. The summed E-state index contributed by atoms with van der Waals surface area (Å²) in [4.78, 5) is 0.184. The van der Waals surface area contributed by atoms with Gasteiger partial charge in [-0.1, -0.05) is 28.1 Å². The van der Waals surface area contributed by atoms with E-state index in [1.54, 1.807) is 38.1 Å². The van der Waals surface area contributed by atoms with Gasteiger partial charge in [-0.25, -0.2) is 8.42 Å². The summed E-state index contributed by atoms with van der Waals surface area (Å²) in [7, 11) is -3.74. The van der Waals surface area contributed by atoms with E-state index in [4.69, 9.17) is 0 Å². The molecule has 20 heavy (non-hydrogen) atoms. The molecule has 0 radical (unpaired) electrons. The Morgan fingerprint density at radius 1 is 1.10 bits per heavy atom. The van der Waals surface area contributed by atoms with Gasteiger partial charge in [0.25, 0.3) is 10.0 Å². The van der Waals surface area contributed by atoms with Crippen LogP contribution >= 0.6 is 15.9 Å². The summed E-state index contributed by atoms with van der Waals surface area (Å²) in [5.41, 5.74) is 1.48. The third kappa shape index (κ3) is 2.96. The van der Waals surface area contributed by atoms with Gasteiger partial charge in [-0.3, -0.25) is 4.72 Å². The highest BCUT2D eigenvalue weighted by atomic mass is 79.9. The second kappa shape index (κ2) is 5.46. The number of aromatic hydroxyl groups is 1. The molecule has 0 amide bonds. The summed E-state index contributed by atoms with van der Waals surface area (Å²) in [6.45, 7) is 3.45. The number of phenolic OH excluding ortho intramolecular Hbond substituents is 1. The largest absolute Gasteiger partial charge is 0.506 e. The van der Waals surface area contributed by atoms with Crippen molar-refractivity contribution in [3.8, 4) is 5.75 Å². The second-order valence-corrected chi connectivity index (χ2v) is 7.05. The van der Waals surface area contributed by atoms with E-state index in [9.17, 15) is 13.5 Å². The smallest absolute Gasteiger partial charge is 0.262 e. The van der Waals surface area contributed by atoms with Crippen LogP contribution in [0, 0.1) is 13.8 Å². The molecule has 0 saturated carbocycles. The number of halogens is 1. The molecule has 6 heteroatoms. The van der Waals surface area contributed by atoms with Crippen LogP contribution in [0.1, 0.15) is 11.1 Å². The Morgan fingerprint density at radius 2 is 1.80 bits per heavy atom. The highest BCUT2D eigenvalue weighted by Crippen LogP contribution is 2.30. The van der Waals surface area contributed by atoms with E-state index in [0.717, 1.165) is 4.47 Å². The molecule has 2 rings (SSSR count). The third-order valence-corrected chi connectivity index (χ3v) is 4.92. The average molecular weight is 356 g/mol. The van der Waals surface area contributed by atoms with E-state index in [1.807, 2.05) is 0 Å². The van der Waals surface area contributed by atoms with Crippen molar-refractivity contribution in [3.05, 3.63) is 52.0 Å². The molecule has 0 fully saturated rings. The summed E-state index contributed by atoms with van der Waals surface area (Å²) < 4.78 is 28.1. The van der Waals surface area contributed by atoms with Gasteiger partial charge in [0, 0.05) is 4.47 Å². The van der Waals surface area contributed by atoms with Crippen LogP contribution in [0.4, 0.5) is 5.69 Å². The number of hydrogen-bond donors (Lipinski definition) is 2. The van der Waals surface area contributed by atoms with E-state index < -0.39 is 10.0 Å². The highest BCUT2D eigenvalue weighted by Gasteiger charge is 2.19. The standard InChI is InChI=1S/C14H14BrNO3S/c1-9-4-3-5-12(17)14(9)16-20(18,19)13-7-6-11(15)8-10(13)2/h3-8,16-17H,1-2H3. The summed E-state index contributed by atoms with van der Waals surface area (Å²) in [5.74, 6) is -0.0941. The van der Waals surface area contributed by atoms with Gasteiger partial charge in [0.15, 0.2) is 0 Å². The normalized spacial score (nSPS) is 11.3. The van der Waals surface area contributed by atoms with Crippen LogP contribution in [0.5, 0.6) is 5.75 Å². The number of phenols is 1. The lowest BCUT2D eigenvalue weighted by molar-refractivity contribution is 0.477. The number of aryl methyl sites for hydroxylation is 2. The quantitative estimate of drug-likeness (QED) is 0.827. The summed E-state index contributed by atoms with van der Waals surface area (Å²) in [6, 6.07) is 9.75. The van der Waals surface area contributed by atoms with Gasteiger partial charge >= 0.3 is 0 Å². The number of rotatable bonds is 3. The van der Waals surface area contributed by atoms with Crippen molar-refractivity contribution in [2.24, 2.45) is 0 Å². The van der Waals surface area contributed by atoms with Crippen molar-refractivity contribution < 1.29 is 13.5 Å². The molecular weight excluding hydrogens is 342 g/mol. The van der Waals surface area contributed by atoms with Crippen LogP contribution in [0.25, 0.3) is 0 Å². The molecule has 0 bridgehead atoms. The molecule has 2 N–H and O–H groups in total. The fraction of sp³-hybridized carbons (Fsp3) is 0.143. The Morgan fingerprint density at radius 3 is 2.40 bits per heavy atom. The molecule has 0 unspecified atom stereocenters. The fourth-order valence-electron chi connectivity index (χ4n) is 1.89.